The number of aliphatic hydroxyl groups excluding tert-OH is 1. The summed E-state index contributed by atoms with van der Waals surface area (Å²) in [6, 6.07) is 0. The Kier molecular flexibility index (Phi) is 6.35. The van der Waals surface area contributed by atoms with Crippen LogP contribution in [0.2, 0.25) is 0 Å². The van der Waals surface area contributed by atoms with E-state index < -0.39 is 0 Å². The van der Waals surface area contributed by atoms with Crippen molar-refractivity contribution in [3.63, 3.8) is 0 Å². The van der Waals surface area contributed by atoms with Crippen LogP contribution in [0.3, 0.4) is 0 Å². The van der Waals surface area contributed by atoms with Crippen molar-refractivity contribution < 1.29 is 5.11 Å². The molecule has 2 N–H and O–H groups in total. The summed E-state index contributed by atoms with van der Waals surface area (Å²) in [5, 5.41) is 12.9. The van der Waals surface area contributed by atoms with Gasteiger partial charge in [0.2, 0.25) is 0 Å². The van der Waals surface area contributed by atoms with Gasteiger partial charge >= 0.3 is 0 Å². The fourth-order valence-electron chi connectivity index (χ4n) is 1.35. The quantitative estimate of drug-likeness (QED) is 0.625. The number of hydrogen-bond donors (Lipinski definition) is 2. The van der Waals surface area contributed by atoms with Gasteiger partial charge in [0.25, 0.3) is 0 Å². The Morgan fingerprint density at radius 2 is 1.92 bits per heavy atom. The molecule has 2 nitrogen and oxygen atoms in total. The van der Waals surface area contributed by atoms with Crippen LogP contribution in [-0.4, -0.2) is 24.3 Å². The molecule has 0 heterocycles. The lowest BCUT2D eigenvalue weighted by Gasteiger charge is -2.22. The highest BCUT2D eigenvalue weighted by Crippen LogP contribution is 2.20. The highest BCUT2D eigenvalue weighted by Gasteiger charge is 2.15. The third-order valence-corrected chi connectivity index (χ3v) is 1.94. The average molecular weight is 187 g/mol. The summed E-state index contributed by atoms with van der Waals surface area (Å²) in [6.45, 7) is 10.4. The van der Waals surface area contributed by atoms with Crippen molar-refractivity contribution in [2.24, 2.45) is 5.41 Å². The van der Waals surface area contributed by atoms with E-state index in [-0.39, 0.29) is 11.5 Å². The first kappa shape index (κ1) is 12.9. The summed E-state index contributed by atoms with van der Waals surface area (Å²) < 4.78 is 0. The molecule has 13 heavy (non-hydrogen) atoms. The Morgan fingerprint density at radius 1 is 1.31 bits per heavy atom. The molecule has 0 amide bonds. The zero-order valence-corrected chi connectivity index (χ0v) is 9.56. The Bertz CT molecular complexity index is 118. The molecule has 1 unspecified atom stereocenters. The van der Waals surface area contributed by atoms with E-state index in [9.17, 15) is 5.11 Å². The third-order valence-electron chi connectivity index (χ3n) is 1.94. The smallest absolute Gasteiger partial charge is 0.0669 e. The van der Waals surface area contributed by atoms with E-state index in [1.54, 1.807) is 0 Å². The van der Waals surface area contributed by atoms with Crippen molar-refractivity contribution in [1.82, 2.24) is 5.32 Å². The Labute approximate surface area is 82.7 Å². The standard InChI is InChI=1S/C11H25NO/c1-5-6-7-12-9-10(13)8-11(2,3)4/h10,12-13H,5-9H2,1-4H3. The molecule has 0 aromatic carbocycles. The topological polar surface area (TPSA) is 32.3 Å². The number of rotatable bonds is 6. The summed E-state index contributed by atoms with van der Waals surface area (Å²) in [7, 11) is 0. The molecule has 1 atom stereocenters. The minimum Gasteiger partial charge on any atom is -0.392 e. The molecule has 0 aliphatic rings. The van der Waals surface area contributed by atoms with Gasteiger partial charge in [-0.2, -0.15) is 0 Å². The van der Waals surface area contributed by atoms with Gasteiger partial charge in [0.15, 0.2) is 0 Å². The highest BCUT2D eigenvalue weighted by atomic mass is 16.3. The summed E-state index contributed by atoms with van der Waals surface area (Å²) in [4.78, 5) is 0. The molecule has 0 saturated carbocycles. The lowest BCUT2D eigenvalue weighted by Crippen LogP contribution is -2.30. The van der Waals surface area contributed by atoms with Crippen LogP contribution in [0.4, 0.5) is 0 Å². The SMILES string of the molecule is CCCCNCC(O)CC(C)(C)C. The van der Waals surface area contributed by atoms with Crippen molar-refractivity contribution in [1.29, 1.82) is 0 Å². The maximum absolute atomic E-state index is 9.62. The Hall–Kier alpha value is -0.0800. The van der Waals surface area contributed by atoms with Crippen molar-refractivity contribution in [2.75, 3.05) is 13.1 Å². The maximum atomic E-state index is 9.62. The van der Waals surface area contributed by atoms with E-state index in [1.165, 1.54) is 12.8 Å². The number of hydrogen-bond acceptors (Lipinski definition) is 2. The predicted molar refractivity (Wildman–Crippen MR) is 57.9 cm³/mol. The molecule has 0 fully saturated rings. The first-order valence-electron chi connectivity index (χ1n) is 5.34. The van der Waals surface area contributed by atoms with Crippen LogP contribution < -0.4 is 5.32 Å². The van der Waals surface area contributed by atoms with E-state index in [0.717, 1.165) is 19.5 Å². The van der Waals surface area contributed by atoms with Gasteiger partial charge in [0.1, 0.15) is 0 Å². The lowest BCUT2D eigenvalue weighted by molar-refractivity contribution is 0.120. The highest BCUT2D eigenvalue weighted by molar-refractivity contribution is 4.69. The molecule has 2 heteroatoms. The minimum absolute atomic E-state index is 0.197. The van der Waals surface area contributed by atoms with Crippen LogP contribution in [0.5, 0.6) is 0 Å². The molecule has 0 aromatic rings. The maximum Gasteiger partial charge on any atom is 0.0669 e. The fourth-order valence-corrected chi connectivity index (χ4v) is 1.35. The average Bonchev–Trinajstić information content (AvgIpc) is 1.94. The number of aliphatic hydroxyl groups is 1. The zero-order chi connectivity index (χ0) is 10.3. The van der Waals surface area contributed by atoms with Gasteiger partial charge in [-0.05, 0) is 24.8 Å². The van der Waals surface area contributed by atoms with Crippen molar-refractivity contribution in [3.8, 4) is 0 Å². The fraction of sp³-hybridized carbons (Fsp3) is 1.00. The third kappa shape index (κ3) is 9.84. The van der Waals surface area contributed by atoms with Crippen LogP contribution in [0.25, 0.3) is 0 Å². The van der Waals surface area contributed by atoms with E-state index in [1.807, 2.05) is 0 Å². The van der Waals surface area contributed by atoms with Crippen molar-refractivity contribution >= 4 is 0 Å². The first-order chi connectivity index (χ1) is 5.95. The predicted octanol–water partition coefficient (Wildman–Crippen LogP) is 2.17. The normalized spacial score (nSPS) is 14.5. The van der Waals surface area contributed by atoms with Gasteiger partial charge in [-0.25, -0.2) is 0 Å². The number of unbranched alkanes of at least 4 members (excludes halogenated alkanes) is 1. The van der Waals surface area contributed by atoms with E-state index in [0.29, 0.717) is 0 Å². The molecule has 0 bridgehead atoms. The van der Waals surface area contributed by atoms with Crippen molar-refractivity contribution in [2.45, 2.75) is 53.1 Å². The zero-order valence-electron chi connectivity index (χ0n) is 9.56. The molecule has 0 aromatic heterocycles. The number of nitrogens with one attached hydrogen (secondary N) is 1. The largest absolute Gasteiger partial charge is 0.392 e. The molecule has 0 radical (unpaired) electrons. The van der Waals surface area contributed by atoms with E-state index >= 15 is 0 Å². The minimum atomic E-state index is -0.197. The molecular weight excluding hydrogens is 162 g/mol. The molecule has 0 aliphatic heterocycles. The monoisotopic (exact) mass is 187 g/mol. The van der Waals surface area contributed by atoms with Gasteiger partial charge in [0.05, 0.1) is 6.10 Å². The van der Waals surface area contributed by atoms with Gasteiger partial charge < -0.3 is 10.4 Å². The Balaban J connectivity index is 3.35. The van der Waals surface area contributed by atoms with Crippen LogP contribution in [0.15, 0.2) is 0 Å². The second kappa shape index (κ2) is 6.39. The molecule has 0 rings (SSSR count). The Morgan fingerprint density at radius 3 is 2.38 bits per heavy atom. The van der Waals surface area contributed by atoms with Crippen LogP contribution in [0.1, 0.15) is 47.0 Å². The molecule has 80 valence electrons. The van der Waals surface area contributed by atoms with Gasteiger partial charge in [-0.3, -0.25) is 0 Å². The van der Waals surface area contributed by atoms with Gasteiger partial charge in [0, 0.05) is 6.54 Å². The molecule has 0 aliphatic carbocycles. The van der Waals surface area contributed by atoms with Crippen LogP contribution in [0, 0.1) is 5.41 Å². The molecule has 0 saturated heterocycles. The molecule has 0 spiro atoms. The van der Waals surface area contributed by atoms with Crippen LogP contribution in [-0.2, 0) is 0 Å². The van der Waals surface area contributed by atoms with E-state index in [2.05, 4.69) is 33.0 Å². The summed E-state index contributed by atoms with van der Waals surface area (Å²) in [6.07, 6.45) is 3.08. The summed E-state index contributed by atoms with van der Waals surface area (Å²) in [5.41, 5.74) is 0.228. The first-order valence-corrected chi connectivity index (χ1v) is 5.34. The summed E-state index contributed by atoms with van der Waals surface area (Å²) in [5.74, 6) is 0. The van der Waals surface area contributed by atoms with Crippen LogP contribution >= 0.6 is 0 Å². The lowest BCUT2D eigenvalue weighted by atomic mass is 9.89. The summed E-state index contributed by atoms with van der Waals surface area (Å²) >= 11 is 0. The van der Waals surface area contributed by atoms with Gasteiger partial charge in [-0.1, -0.05) is 34.1 Å². The molecular formula is C11H25NO. The van der Waals surface area contributed by atoms with Crippen molar-refractivity contribution in [3.05, 3.63) is 0 Å². The van der Waals surface area contributed by atoms with E-state index in [4.69, 9.17) is 0 Å². The van der Waals surface area contributed by atoms with Gasteiger partial charge in [-0.15, -0.1) is 0 Å². The second-order valence-electron chi connectivity index (χ2n) is 4.98. The second-order valence-corrected chi connectivity index (χ2v) is 4.98.